The van der Waals surface area contributed by atoms with E-state index in [1.807, 2.05) is 0 Å². The normalized spacial score (nSPS) is 33.7. The smallest absolute Gasteiger partial charge is 0.0711 e. The second kappa shape index (κ2) is 6.93. The monoisotopic (exact) mass is 252 g/mol. The molecule has 106 valence electrons. The predicted octanol–water partition coefficient (Wildman–Crippen LogP) is 5.07. The first-order valence-electron chi connectivity index (χ1n) is 8.51. The average molecular weight is 252 g/mol. The minimum atomic E-state index is -0.195. The van der Waals surface area contributed by atoms with Crippen LogP contribution in [0.4, 0.5) is 0 Å². The van der Waals surface area contributed by atoms with Crippen LogP contribution in [0, 0.1) is 11.8 Å². The van der Waals surface area contributed by atoms with E-state index in [1.54, 1.807) is 0 Å². The van der Waals surface area contributed by atoms with Crippen LogP contribution < -0.4 is 0 Å². The van der Waals surface area contributed by atoms with E-state index < -0.39 is 0 Å². The first-order chi connectivity index (χ1) is 8.79. The van der Waals surface area contributed by atoms with Crippen LogP contribution in [0.5, 0.6) is 0 Å². The van der Waals surface area contributed by atoms with E-state index in [9.17, 15) is 5.11 Å². The lowest BCUT2D eigenvalue weighted by atomic mass is 10.00. The summed E-state index contributed by atoms with van der Waals surface area (Å²) >= 11 is 0. The third-order valence-corrected chi connectivity index (χ3v) is 5.37. The summed E-state index contributed by atoms with van der Waals surface area (Å²) in [6, 6.07) is 0. The van der Waals surface area contributed by atoms with Gasteiger partial charge < -0.3 is 5.11 Å². The van der Waals surface area contributed by atoms with Gasteiger partial charge in [0.1, 0.15) is 0 Å². The van der Waals surface area contributed by atoms with E-state index in [1.165, 1.54) is 77.0 Å². The Bertz CT molecular complexity index is 226. The lowest BCUT2D eigenvalue weighted by Gasteiger charge is -2.13. The van der Waals surface area contributed by atoms with E-state index >= 15 is 0 Å². The molecule has 0 aromatic carbocycles. The number of hydrogen-bond acceptors (Lipinski definition) is 1. The van der Waals surface area contributed by atoms with E-state index in [0.29, 0.717) is 11.8 Å². The second-order valence-corrected chi connectivity index (χ2v) is 6.71. The number of rotatable bonds is 10. The maximum Gasteiger partial charge on any atom is 0.0711 e. The van der Waals surface area contributed by atoms with Crippen LogP contribution in [0.2, 0.25) is 0 Å². The minimum absolute atomic E-state index is 0.195. The van der Waals surface area contributed by atoms with Crippen molar-refractivity contribution in [2.45, 2.75) is 96.0 Å². The zero-order chi connectivity index (χ0) is 12.8. The Balaban J connectivity index is 1.38. The molecule has 0 aromatic heterocycles. The molecule has 2 saturated carbocycles. The summed E-state index contributed by atoms with van der Waals surface area (Å²) in [6.45, 7) is 2.28. The van der Waals surface area contributed by atoms with Crippen LogP contribution in [-0.2, 0) is 0 Å². The number of unbranched alkanes of at least 4 members (excludes halogenated alkanes) is 8. The highest BCUT2D eigenvalue weighted by Crippen LogP contribution is 2.62. The molecule has 0 bridgehead atoms. The van der Waals surface area contributed by atoms with Crippen LogP contribution in [0.25, 0.3) is 0 Å². The molecule has 1 heteroatoms. The molecule has 1 N–H and O–H groups in total. The molecule has 0 radical (unpaired) electrons. The molecule has 18 heavy (non-hydrogen) atoms. The molecule has 0 aromatic rings. The summed E-state index contributed by atoms with van der Waals surface area (Å²) in [5.41, 5.74) is -0.195. The Morgan fingerprint density at radius 1 is 0.833 bits per heavy atom. The zero-order valence-electron chi connectivity index (χ0n) is 12.3. The van der Waals surface area contributed by atoms with Crippen LogP contribution in [0.1, 0.15) is 90.4 Å². The fraction of sp³-hybridized carbons (Fsp3) is 1.00. The van der Waals surface area contributed by atoms with Gasteiger partial charge in [0.2, 0.25) is 0 Å². The van der Waals surface area contributed by atoms with Crippen molar-refractivity contribution >= 4 is 0 Å². The van der Waals surface area contributed by atoms with Gasteiger partial charge in [-0.3, -0.25) is 0 Å². The Morgan fingerprint density at radius 2 is 1.33 bits per heavy atom. The Labute approximate surface area is 113 Å². The first-order valence-corrected chi connectivity index (χ1v) is 8.51. The number of hydrogen-bond donors (Lipinski definition) is 1. The number of aliphatic hydroxyl groups is 1. The van der Waals surface area contributed by atoms with Crippen molar-refractivity contribution in [2.24, 2.45) is 11.8 Å². The average Bonchev–Trinajstić information content (AvgIpc) is 2.78. The van der Waals surface area contributed by atoms with E-state index in [-0.39, 0.29) is 5.60 Å². The van der Waals surface area contributed by atoms with Crippen LogP contribution in [0.15, 0.2) is 0 Å². The van der Waals surface area contributed by atoms with Crippen molar-refractivity contribution < 1.29 is 5.11 Å². The SMILES string of the molecule is CCCCCCCCCCCC1(O)C2CCCC21. The third-order valence-electron chi connectivity index (χ3n) is 5.37. The van der Waals surface area contributed by atoms with E-state index in [0.717, 1.165) is 6.42 Å². The van der Waals surface area contributed by atoms with Gasteiger partial charge in [-0.2, -0.15) is 0 Å². The highest BCUT2D eigenvalue weighted by molar-refractivity contribution is 5.14. The molecule has 0 spiro atoms. The van der Waals surface area contributed by atoms with Gasteiger partial charge in [-0.15, -0.1) is 0 Å². The van der Waals surface area contributed by atoms with E-state index in [4.69, 9.17) is 0 Å². The Morgan fingerprint density at radius 3 is 1.89 bits per heavy atom. The van der Waals surface area contributed by atoms with Crippen molar-refractivity contribution in [1.29, 1.82) is 0 Å². The topological polar surface area (TPSA) is 20.2 Å². The van der Waals surface area contributed by atoms with Gasteiger partial charge in [-0.05, 0) is 31.1 Å². The summed E-state index contributed by atoms with van der Waals surface area (Å²) < 4.78 is 0. The highest BCUT2D eigenvalue weighted by Gasteiger charge is 2.64. The van der Waals surface area contributed by atoms with E-state index in [2.05, 4.69) is 6.92 Å². The fourth-order valence-electron chi connectivity index (χ4n) is 4.14. The molecule has 2 aliphatic rings. The number of fused-ring (bicyclic) bond motifs is 1. The first kappa shape index (κ1) is 14.4. The standard InChI is InChI=1S/C17H32O/c1-2-3-4-5-6-7-8-9-10-14-17(18)15-12-11-13-16(15)17/h15-16,18H,2-14H2,1H3. The summed E-state index contributed by atoms with van der Waals surface area (Å²) in [4.78, 5) is 0. The van der Waals surface area contributed by atoms with Gasteiger partial charge in [0.05, 0.1) is 5.60 Å². The van der Waals surface area contributed by atoms with Crippen molar-refractivity contribution in [2.75, 3.05) is 0 Å². The van der Waals surface area contributed by atoms with Crippen molar-refractivity contribution in [3.63, 3.8) is 0 Å². The molecule has 2 unspecified atom stereocenters. The van der Waals surface area contributed by atoms with Crippen molar-refractivity contribution in [3.8, 4) is 0 Å². The van der Waals surface area contributed by atoms with Gasteiger partial charge in [-0.1, -0.05) is 71.1 Å². The summed E-state index contributed by atoms with van der Waals surface area (Å²) in [5.74, 6) is 1.40. The molecule has 0 amide bonds. The molecule has 0 saturated heterocycles. The molecule has 0 aliphatic heterocycles. The molecular weight excluding hydrogens is 220 g/mol. The molecule has 2 rings (SSSR count). The maximum atomic E-state index is 10.4. The molecule has 2 aliphatic carbocycles. The Kier molecular flexibility index (Phi) is 5.54. The van der Waals surface area contributed by atoms with Crippen LogP contribution in [-0.4, -0.2) is 10.7 Å². The molecule has 0 heterocycles. The van der Waals surface area contributed by atoms with Crippen LogP contribution in [0.3, 0.4) is 0 Å². The van der Waals surface area contributed by atoms with Gasteiger partial charge in [-0.25, -0.2) is 0 Å². The van der Waals surface area contributed by atoms with Crippen LogP contribution >= 0.6 is 0 Å². The minimum Gasteiger partial charge on any atom is -0.389 e. The summed E-state index contributed by atoms with van der Waals surface area (Å²) in [6.07, 6.45) is 17.5. The Hall–Kier alpha value is -0.0400. The van der Waals surface area contributed by atoms with Gasteiger partial charge in [0, 0.05) is 0 Å². The summed E-state index contributed by atoms with van der Waals surface area (Å²) in [5, 5.41) is 10.4. The lowest BCUT2D eigenvalue weighted by molar-refractivity contribution is 0.0935. The van der Waals surface area contributed by atoms with Gasteiger partial charge in [0.15, 0.2) is 0 Å². The fourth-order valence-corrected chi connectivity index (χ4v) is 4.14. The summed E-state index contributed by atoms with van der Waals surface area (Å²) in [7, 11) is 0. The molecular formula is C17H32O. The molecule has 2 atom stereocenters. The third kappa shape index (κ3) is 3.50. The lowest BCUT2D eigenvalue weighted by Crippen LogP contribution is -2.15. The van der Waals surface area contributed by atoms with Crippen molar-refractivity contribution in [1.82, 2.24) is 0 Å². The zero-order valence-corrected chi connectivity index (χ0v) is 12.3. The predicted molar refractivity (Wildman–Crippen MR) is 77.6 cm³/mol. The highest BCUT2D eigenvalue weighted by atomic mass is 16.3. The quantitative estimate of drug-likeness (QED) is 0.538. The van der Waals surface area contributed by atoms with Gasteiger partial charge in [0.25, 0.3) is 0 Å². The van der Waals surface area contributed by atoms with Crippen molar-refractivity contribution in [3.05, 3.63) is 0 Å². The maximum absolute atomic E-state index is 10.4. The molecule has 1 nitrogen and oxygen atoms in total. The largest absolute Gasteiger partial charge is 0.389 e. The van der Waals surface area contributed by atoms with Gasteiger partial charge >= 0.3 is 0 Å². The molecule has 2 fully saturated rings. The second-order valence-electron chi connectivity index (χ2n) is 6.71.